The van der Waals surface area contributed by atoms with Crippen molar-refractivity contribution in [2.45, 2.75) is 0 Å². The number of ketones is 1. The van der Waals surface area contributed by atoms with Crippen molar-refractivity contribution in [3.05, 3.63) is 47.8 Å². The first kappa shape index (κ1) is 17.3. The molecule has 0 aliphatic carbocycles. The predicted molar refractivity (Wildman–Crippen MR) is 95.9 cm³/mol. The number of carbonyl (C=O) groups excluding carboxylic acids is 2. The van der Waals surface area contributed by atoms with E-state index in [-0.39, 0.29) is 11.7 Å². The lowest BCUT2D eigenvalue weighted by Gasteiger charge is -2.31. The number of aromatic nitrogens is 2. The summed E-state index contributed by atoms with van der Waals surface area (Å²) in [6.07, 6.45) is 1.57. The van der Waals surface area contributed by atoms with Crippen molar-refractivity contribution in [3.63, 3.8) is 0 Å². The Hall–Kier alpha value is -2.51. The molecular formula is C18H23N5O2. The summed E-state index contributed by atoms with van der Waals surface area (Å²) >= 11 is 0. The standard InChI is InChI=1S/C18H23N5O2/c1-21-8-10-23(11-9-21)13-17(24)14-4-3-5-15(12-14)20-18(25)16-6-7-19-22(16)2/h3-7,12H,8-11,13H2,1-2H3,(H,20,25). The van der Waals surface area contributed by atoms with Crippen molar-refractivity contribution >= 4 is 17.4 Å². The third-order valence-electron chi connectivity index (χ3n) is 4.46. The highest BCUT2D eigenvalue weighted by atomic mass is 16.2. The van der Waals surface area contributed by atoms with Gasteiger partial charge < -0.3 is 10.2 Å². The minimum absolute atomic E-state index is 0.0705. The lowest BCUT2D eigenvalue weighted by atomic mass is 10.1. The number of piperazine rings is 1. The van der Waals surface area contributed by atoms with Crippen LogP contribution in [0, 0.1) is 0 Å². The number of aryl methyl sites for hydroxylation is 1. The molecule has 2 aromatic rings. The number of hydrogen-bond acceptors (Lipinski definition) is 5. The first-order chi connectivity index (χ1) is 12.0. The van der Waals surface area contributed by atoms with Crippen LogP contribution in [0.25, 0.3) is 0 Å². The normalized spacial score (nSPS) is 15.9. The fourth-order valence-electron chi connectivity index (χ4n) is 2.86. The molecule has 1 saturated heterocycles. The van der Waals surface area contributed by atoms with E-state index in [0.717, 1.165) is 26.2 Å². The lowest BCUT2D eigenvalue weighted by Crippen LogP contribution is -2.46. The molecule has 0 atom stereocenters. The molecular weight excluding hydrogens is 318 g/mol. The second-order valence-electron chi connectivity index (χ2n) is 6.38. The number of rotatable bonds is 5. The monoisotopic (exact) mass is 341 g/mol. The van der Waals surface area contributed by atoms with E-state index in [9.17, 15) is 9.59 Å². The van der Waals surface area contributed by atoms with Crippen LogP contribution in [0.3, 0.4) is 0 Å². The van der Waals surface area contributed by atoms with Gasteiger partial charge in [0.1, 0.15) is 5.69 Å². The number of hydrogen-bond donors (Lipinski definition) is 1. The Labute approximate surface area is 147 Å². The Morgan fingerprint density at radius 1 is 1.12 bits per heavy atom. The zero-order valence-electron chi connectivity index (χ0n) is 14.6. The molecule has 0 bridgehead atoms. The fraction of sp³-hybridized carbons (Fsp3) is 0.389. The van der Waals surface area contributed by atoms with Crippen LogP contribution in [0.2, 0.25) is 0 Å². The van der Waals surface area contributed by atoms with Gasteiger partial charge in [0.05, 0.1) is 6.54 Å². The van der Waals surface area contributed by atoms with Crippen LogP contribution in [-0.2, 0) is 7.05 Å². The van der Waals surface area contributed by atoms with Gasteiger partial charge >= 0.3 is 0 Å². The first-order valence-corrected chi connectivity index (χ1v) is 8.36. The van der Waals surface area contributed by atoms with E-state index in [1.165, 1.54) is 4.68 Å². The second kappa shape index (κ2) is 7.58. The summed E-state index contributed by atoms with van der Waals surface area (Å²) in [6.45, 7) is 4.17. The Morgan fingerprint density at radius 2 is 1.88 bits per heavy atom. The predicted octanol–water partition coefficient (Wildman–Crippen LogP) is 1.10. The number of nitrogens with zero attached hydrogens (tertiary/aromatic N) is 4. The molecule has 1 aromatic carbocycles. The maximum Gasteiger partial charge on any atom is 0.273 e. The third kappa shape index (κ3) is 4.32. The van der Waals surface area contributed by atoms with E-state index in [2.05, 4.69) is 27.3 Å². The molecule has 7 nitrogen and oxygen atoms in total. The lowest BCUT2D eigenvalue weighted by molar-refractivity contribution is 0.0876. The van der Waals surface area contributed by atoms with Crippen molar-refractivity contribution in [1.29, 1.82) is 0 Å². The molecule has 25 heavy (non-hydrogen) atoms. The Morgan fingerprint density at radius 3 is 2.56 bits per heavy atom. The van der Waals surface area contributed by atoms with Gasteiger partial charge in [0, 0.05) is 50.7 Å². The van der Waals surface area contributed by atoms with E-state index < -0.39 is 0 Å². The highest BCUT2D eigenvalue weighted by Crippen LogP contribution is 2.14. The van der Waals surface area contributed by atoms with Crippen molar-refractivity contribution in [2.24, 2.45) is 7.05 Å². The summed E-state index contributed by atoms with van der Waals surface area (Å²) < 4.78 is 1.51. The van der Waals surface area contributed by atoms with E-state index in [1.54, 1.807) is 43.6 Å². The molecule has 1 fully saturated rings. The molecule has 0 radical (unpaired) electrons. The van der Waals surface area contributed by atoms with Gasteiger partial charge in [0.25, 0.3) is 5.91 Å². The van der Waals surface area contributed by atoms with Gasteiger partial charge in [-0.3, -0.25) is 19.2 Å². The van der Waals surface area contributed by atoms with Crippen molar-refractivity contribution in [1.82, 2.24) is 19.6 Å². The molecule has 1 amide bonds. The van der Waals surface area contributed by atoms with E-state index >= 15 is 0 Å². The number of carbonyl (C=O) groups is 2. The molecule has 1 aliphatic heterocycles. The smallest absolute Gasteiger partial charge is 0.273 e. The van der Waals surface area contributed by atoms with Gasteiger partial charge in [-0.2, -0.15) is 5.10 Å². The van der Waals surface area contributed by atoms with Gasteiger partial charge in [0.15, 0.2) is 5.78 Å². The van der Waals surface area contributed by atoms with Crippen LogP contribution in [0.5, 0.6) is 0 Å². The number of benzene rings is 1. The molecule has 0 saturated carbocycles. The van der Waals surface area contributed by atoms with E-state index in [0.29, 0.717) is 23.5 Å². The molecule has 1 aromatic heterocycles. The van der Waals surface area contributed by atoms with Crippen molar-refractivity contribution in [3.8, 4) is 0 Å². The topological polar surface area (TPSA) is 70.5 Å². The van der Waals surface area contributed by atoms with Crippen molar-refractivity contribution < 1.29 is 9.59 Å². The average molecular weight is 341 g/mol. The molecule has 3 rings (SSSR count). The summed E-state index contributed by atoms with van der Waals surface area (Å²) in [6, 6.07) is 8.74. The molecule has 0 spiro atoms. The summed E-state index contributed by atoms with van der Waals surface area (Å²) in [7, 11) is 3.80. The maximum atomic E-state index is 12.5. The van der Waals surface area contributed by atoms with Crippen LogP contribution in [0.15, 0.2) is 36.5 Å². The summed E-state index contributed by atoms with van der Waals surface area (Å²) in [4.78, 5) is 29.2. The SMILES string of the molecule is CN1CCN(CC(=O)c2cccc(NC(=O)c3ccnn3C)c2)CC1. The van der Waals surface area contributed by atoms with Crippen LogP contribution in [0.4, 0.5) is 5.69 Å². The third-order valence-corrected chi connectivity index (χ3v) is 4.46. The quantitative estimate of drug-likeness (QED) is 0.825. The van der Waals surface area contributed by atoms with E-state index in [1.807, 2.05) is 0 Å². The second-order valence-corrected chi connectivity index (χ2v) is 6.38. The molecule has 0 unspecified atom stereocenters. The average Bonchev–Trinajstić information content (AvgIpc) is 3.03. The number of amides is 1. The Bertz CT molecular complexity index is 762. The first-order valence-electron chi connectivity index (χ1n) is 8.36. The van der Waals surface area contributed by atoms with Crippen molar-refractivity contribution in [2.75, 3.05) is 45.1 Å². The molecule has 7 heteroatoms. The zero-order valence-corrected chi connectivity index (χ0v) is 14.6. The number of likely N-dealkylation sites (N-methyl/N-ethyl adjacent to an activating group) is 1. The minimum atomic E-state index is -0.247. The number of anilines is 1. The largest absolute Gasteiger partial charge is 0.321 e. The van der Waals surface area contributed by atoms with Gasteiger partial charge in [-0.1, -0.05) is 12.1 Å². The minimum Gasteiger partial charge on any atom is -0.321 e. The fourth-order valence-corrected chi connectivity index (χ4v) is 2.86. The van der Waals surface area contributed by atoms with Gasteiger partial charge in [-0.05, 0) is 25.2 Å². The van der Waals surface area contributed by atoms with Crippen LogP contribution in [-0.4, -0.2) is 71.0 Å². The summed E-state index contributed by atoms with van der Waals surface area (Å²) in [5, 5.41) is 6.81. The molecule has 2 heterocycles. The Kier molecular flexibility index (Phi) is 5.25. The molecule has 1 aliphatic rings. The highest BCUT2D eigenvalue weighted by molar-refractivity contribution is 6.04. The van der Waals surface area contributed by atoms with Crippen LogP contribution in [0.1, 0.15) is 20.8 Å². The number of nitrogens with one attached hydrogen (secondary N) is 1. The zero-order chi connectivity index (χ0) is 17.8. The Balaban J connectivity index is 1.63. The molecule has 1 N–H and O–H groups in total. The summed E-state index contributed by atoms with van der Waals surface area (Å²) in [5.41, 5.74) is 1.69. The maximum absolute atomic E-state index is 12.5. The molecule has 132 valence electrons. The van der Waals surface area contributed by atoms with Crippen LogP contribution >= 0.6 is 0 Å². The van der Waals surface area contributed by atoms with Gasteiger partial charge in [-0.15, -0.1) is 0 Å². The number of Topliss-reactive ketones (excluding diaryl/α,β-unsaturated/α-hetero) is 1. The van der Waals surface area contributed by atoms with E-state index in [4.69, 9.17) is 0 Å². The van der Waals surface area contributed by atoms with Gasteiger partial charge in [0.2, 0.25) is 0 Å². The van der Waals surface area contributed by atoms with Crippen LogP contribution < -0.4 is 5.32 Å². The summed E-state index contributed by atoms with van der Waals surface area (Å²) in [5.74, 6) is -0.176. The van der Waals surface area contributed by atoms with Gasteiger partial charge in [-0.25, -0.2) is 0 Å². The highest BCUT2D eigenvalue weighted by Gasteiger charge is 2.18.